The van der Waals surface area contributed by atoms with Crippen LogP contribution in [0.2, 0.25) is 0 Å². The molecule has 0 saturated carbocycles. The second kappa shape index (κ2) is 2.23. The van der Waals surface area contributed by atoms with Crippen LogP contribution in [-0.4, -0.2) is 11.1 Å². The van der Waals surface area contributed by atoms with Crippen LogP contribution >= 0.6 is 0 Å². The molecule has 1 radical (unpaired) electrons. The Labute approximate surface area is 63.2 Å². The zero-order valence-corrected chi connectivity index (χ0v) is 5.65. The monoisotopic (exact) mass is 149 g/mol. The number of hydrogen-bond donors (Lipinski definition) is 0. The molecule has 4 nitrogen and oxygen atoms in total. The van der Waals surface area contributed by atoms with E-state index in [1.54, 1.807) is 12.3 Å². The van der Waals surface area contributed by atoms with Crippen molar-refractivity contribution in [2.45, 2.75) is 6.61 Å². The fraction of sp³-hybridized carbons (Fsp3) is 0.143. The smallest absolute Gasteiger partial charge is 0.435 e. The van der Waals surface area contributed by atoms with Crippen molar-refractivity contribution < 1.29 is 9.53 Å². The summed E-state index contributed by atoms with van der Waals surface area (Å²) in [4.78, 5) is 14.5. The number of rotatable bonds is 0. The van der Waals surface area contributed by atoms with E-state index in [0.29, 0.717) is 5.82 Å². The molecular formula is C7H5N2O2. The van der Waals surface area contributed by atoms with E-state index in [1.165, 1.54) is 0 Å². The topological polar surface area (TPSA) is 53.3 Å². The van der Waals surface area contributed by atoms with Crippen LogP contribution in [0, 0.1) is 0 Å². The van der Waals surface area contributed by atoms with Crippen LogP contribution in [0.25, 0.3) is 0 Å². The van der Waals surface area contributed by atoms with Crippen LogP contribution in [0.5, 0.6) is 0 Å². The quantitative estimate of drug-likeness (QED) is 0.552. The van der Waals surface area contributed by atoms with Crippen molar-refractivity contribution in [3.05, 3.63) is 23.9 Å². The summed E-state index contributed by atoms with van der Waals surface area (Å²) in [6.45, 7) is 0.283. The molecule has 11 heavy (non-hydrogen) atoms. The van der Waals surface area contributed by atoms with Gasteiger partial charge in [-0.1, -0.05) is 6.07 Å². The molecule has 1 aliphatic heterocycles. The Morgan fingerprint density at radius 2 is 2.45 bits per heavy atom. The maximum Gasteiger partial charge on any atom is 0.435 e. The van der Waals surface area contributed by atoms with Crippen molar-refractivity contribution in [2.24, 2.45) is 0 Å². The Hall–Kier alpha value is -1.58. The van der Waals surface area contributed by atoms with Crippen LogP contribution in [-0.2, 0) is 11.3 Å². The number of fused-ring (bicyclic) bond motifs is 1. The molecule has 0 aromatic carbocycles. The summed E-state index contributed by atoms with van der Waals surface area (Å²) in [6.07, 6.45) is 1.04. The summed E-state index contributed by atoms with van der Waals surface area (Å²) in [5.74, 6) is 0.476. The lowest BCUT2D eigenvalue weighted by Crippen LogP contribution is -2.20. The van der Waals surface area contributed by atoms with Crippen molar-refractivity contribution in [1.82, 2.24) is 10.3 Å². The van der Waals surface area contributed by atoms with Crippen molar-refractivity contribution in [3.8, 4) is 0 Å². The van der Waals surface area contributed by atoms with Crippen molar-refractivity contribution in [3.63, 3.8) is 0 Å². The van der Waals surface area contributed by atoms with E-state index in [-0.39, 0.29) is 6.61 Å². The highest BCUT2D eigenvalue weighted by molar-refractivity contribution is 5.74. The highest BCUT2D eigenvalue weighted by Gasteiger charge is 2.17. The third kappa shape index (κ3) is 1.02. The van der Waals surface area contributed by atoms with E-state index in [2.05, 4.69) is 15.0 Å². The Morgan fingerprint density at radius 3 is 3.36 bits per heavy atom. The van der Waals surface area contributed by atoms with Crippen LogP contribution in [0.15, 0.2) is 18.3 Å². The fourth-order valence-corrected chi connectivity index (χ4v) is 0.902. The first-order valence-corrected chi connectivity index (χ1v) is 3.18. The van der Waals surface area contributed by atoms with Gasteiger partial charge in [0.15, 0.2) is 5.82 Å². The van der Waals surface area contributed by atoms with E-state index in [1.807, 2.05) is 6.07 Å². The van der Waals surface area contributed by atoms with Gasteiger partial charge >= 0.3 is 6.09 Å². The third-order valence-electron chi connectivity index (χ3n) is 1.42. The molecule has 0 aliphatic carbocycles. The van der Waals surface area contributed by atoms with Gasteiger partial charge in [-0.05, 0) is 6.07 Å². The maximum atomic E-state index is 10.6. The van der Waals surface area contributed by atoms with E-state index in [9.17, 15) is 4.79 Å². The average molecular weight is 149 g/mol. The number of hydrogen-bond acceptors (Lipinski definition) is 3. The van der Waals surface area contributed by atoms with Gasteiger partial charge in [0.2, 0.25) is 0 Å². The molecule has 1 aliphatic rings. The Balaban J connectivity index is 2.41. The van der Waals surface area contributed by atoms with E-state index < -0.39 is 6.09 Å². The summed E-state index contributed by atoms with van der Waals surface area (Å²) in [7, 11) is 0. The lowest BCUT2D eigenvalue weighted by atomic mass is 10.2. The van der Waals surface area contributed by atoms with Crippen LogP contribution in [0.3, 0.4) is 0 Å². The first-order chi connectivity index (χ1) is 5.36. The van der Waals surface area contributed by atoms with Crippen LogP contribution in [0.4, 0.5) is 10.6 Å². The SMILES string of the molecule is O=C1[N]c2ncccc2CO1. The maximum absolute atomic E-state index is 10.6. The lowest BCUT2D eigenvalue weighted by Gasteiger charge is -2.12. The fourth-order valence-electron chi connectivity index (χ4n) is 0.902. The number of ether oxygens (including phenoxy) is 1. The highest BCUT2D eigenvalue weighted by Crippen LogP contribution is 2.17. The molecule has 1 aromatic heterocycles. The van der Waals surface area contributed by atoms with E-state index >= 15 is 0 Å². The zero-order chi connectivity index (χ0) is 7.68. The summed E-state index contributed by atoms with van der Waals surface area (Å²) in [6, 6.07) is 3.62. The van der Waals surface area contributed by atoms with Gasteiger partial charge < -0.3 is 4.74 Å². The van der Waals surface area contributed by atoms with Gasteiger partial charge in [0.1, 0.15) is 6.61 Å². The summed E-state index contributed by atoms with van der Waals surface area (Å²) >= 11 is 0. The van der Waals surface area contributed by atoms with Crippen molar-refractivity contribution >= 4 is 11.9 Å². The van der Waals surface area contributed by atoms with Crippen molar-refractivity contribution in [2.75, 3.05) is 0 Å². The summed E-state index contributed by atoms with van der Waals surface area (Å²) in [5.41, 5.74) is 0.854. The Bertz CT molecular complexity index is 298. The van der Waals surface area contributed by atoms with Gasteiger partial charge in [-0.15, -0.1) is 0 Å². The molecular weight excluding hydrogens is 144 g/mol. The largest absolute Gasteiger partial charge is 0.443 e. The molecule has 1 aromatic rings. The average Bonchev–Trinajstić information content (AvgIpc) is 2.04. The number of cyclic esters (lactones) is 1. The Kier molecular flexibility index (Phi) is 1.25. The predicted octanol–water partition coefficient (Wildman–Crippen LogP) is 0.968. The number of pyridine rings is 1. The highest BCUT2D eigenvalue weighted by atomic mass is 16.5. The first-order valence-electron chi connectivity index (χ1n) is 3.18. The first kappa shape index (κ1) is 6.15. The second-order valence-electron chi connectivity index (χ2n) is 2.15. The third-order valence-corrected chi connectivity index (χ3v) is 1.42. The normalized spacial score (nSPS) is 14.7. The lowest BCUT2D eigenvalue weighted by molar-refractivity contribution is 0.136. The van der Waals surface area contributed by atoms with Gasteiger partial charge in [-0.3, -0.25) is 0 Å². The molecule has 0 bridgehead atoms. The molecule has 0 unspecified atom stereocenters. The van der Waals surface area contributed by atoms with Gasteiger partial charge in [0.05, 0.1) is 0 Å². The molecule has 0 fully saturated rings. The molecule has 4 heteroatoms. The standard InChI is InChI=1S/C7H5N2O2/c10-7-9-6-5(4-11-7)2-1-3-8-6/h1-3H,4H2. The van der Waals surface area contributed by atoms with Gasteiger partial charge in [0, 0.05) is 11.8 Å². The van der Waals surface area contributed by atoms with Gasteiger partial charge in [0.25, 0.3) is 0 Å². The molecule has 1 amide bonds. The molecule has 0 N–H and O–H groups in total. The molecule has 0 atom stereocenters. The van der Waals surface area contributed by atoms with E-state index in [4.69, 9.17) is 0 Å². The molecule has 0 saturated heterocycles. The second-order valence-corrected chi connectivity index (χ2v) is 2.15. The number of carbonyl (C=O) groups is 1. The molecule has 2 heterocycles. The van der Waals surface area contributed by atoms with E-state index in [0.717, 1.165) is 5.56 Å². The van der Waals surface area contributed by atoms with Crippen LogP contribution in [0.1, 0.15) is 5.56 Å². The predicted molar refractivity (Wildman–Crippen MR) is 36.2 cm³/mol. The Morgan fingerprint density at radius 1 is 1.55 bits per heavy atom. The zero-order valence-electron chi connectivity index (χ0n) is 5.65. The van der Waals surface area contributed by atoms with Gasteiger partial charge in [-0.2, -0.15) is 5.32 Å². The number of carbonyl (C=O) groups excluding carboxylic acids is 1. The molecule has 0 spiro atoms. The number of aromatic nitrogens is 1. The minimum Gasteiger partial charge on any atom is -0.443 e. The summed E-state index contributed by atoms with van der Waals surface area (Å²) < 4.78 is 4.66. The summed E-state index contributed by atoms with van der Waals surface area (Å²) in [5, 5.41) is 3.57. The molecule has 2 rings (SSSR count). The minimum absolute atomic E-state index is 0.283. The van der Waals surface area contributed by atoms with Crippen molar-refractivity contribution in [1.29, 1.82) is 0 Å². The molecule has 55 valence electrons. The number of amides is 1. The number of nitrogens with zero attached hydrogens (tertiary/aromatic N) is 2. The van der Waals surface area contributed by atoms with Gasteiger partial charge in [-0.25, -0.2) is 9.78 Å². The minimum atomic E-state index is -0.559. The van der Waals surface area contributed by atoms with Crippen LogP contribution < -0.4 is 5.32 Å².